The zero-order chi connectivity index (χ0) is 27.0. The number of carbonyl (C=O) groups is 2. The normalized spacial score (nSPS) is 15.1. The van der Waals surface area contributed by atoms with Crippen LogP contribution in [0.15, 0.2) is 48.5 Å². The van der Waals surface area contributed by atoms with Gasteiger partial charge in [0, 0.05) is 30.6 Å². The van der Waals surface area contributed by atoms with Crippen molar-refractivity contribution in [1.82, 2.24) is 10.2 Å². The molecule has 3 rings (SSSR count). The van der Waals surface area contributed by atoms with E-state index < -0.39 is 21.9 Å². The minimum Gasteiger partial charge on any atom is -0.352 e. The van der Waals surface area contributed by atoms with Crippen molar-refractivity contribution in [1.29, 1.82) is 0 Å². The Bertz CT molecular complexity index is 1170. The van der Waals surface area contributed by atoms with Gasteiger partial charge < -0.3 is 10.2 Å². The van der Waals surface area contributed by atoms with Gasteiger partial charge in [-0.05, 0) is 68.1 Å². The third-order valence-electron chi connectivity index (χ3n) is 6.63. The Kier molecular flexibility index (Phi) is 10.3. The fourth-order valence-corrected chi connectivity index (χ4v) is 5.77. The van der Waals surface area contributed by atoms with Gasteiger partial charge in [-0.3, -0.25) is 13.9 Å². The summed E-state index contributed by atoms with van der Waals surface area (Å²) in [4.78, 5) is 28.0. The van der Waals surface area contributed by atoms with E-state index in [1.54, 1.807) is 25.1 Å². The molecule has 202 valence electrons. The number of amides is 2. The highest BCUT2D eigenvalue weighted by atomic mass is 35.5. The van der Waals surface area contributed by atoms with Crippen LogP contribution in [0.2, 0.25) is 5.02 Å². The van der Waals surface area contributed by atoms with Crippen LogP contribution in [0.3, 0.4) is 0 Å². The highest BCUT2D eigenvalue weighted by Crippen LogP contribution is 2.21. The second-order valence-corrected chi connectivity index (χ2v) is 11.9. The molecular formula is C27H35ClFN3O4S. The zero-order valence-electron chi connectivity index (χ0n) is 21.3. The average molecular weight is 552 g/mol. The first-order valence-corrected chi connectivity index (χ1v) is 14.8. The Labute approximate surface area is 224 Å². The number of hydrogen-bond donors (Lipinski definition) is 1. The molecule has 1 fully saturated rings. The topological polar surface area (TPSA) is 86.8 Å². The van der Waals surface area contributed by atoms with E-state index in [2.05, 4.69) is 5.32 Å². The third-order valence-corrected chi connectivity index (χ3v) is 8.06. The van der Waals surface area contributed by atoms with Crippen LogP contribution in [-0.4, -0.2) is 50.0 Å². The number of hydrogen-bond acceptors (Lipinski definition) is 4. The third kappa shape index (κ3) is 8.71. The molecule has 10 heteroatoms. The van der Waals surface area contributed by atoms with Crippen LogP contribution in [0.25, 0.3) is 0 Å². The molecule has 1 saturated carbocycles. The van der Waals surface area contributed by atoms with E-state index in [4.69, 9.17) is 11.6 Å². The predicted molar refractivity (Wildman–Crippen MR) is 144 cm³/mol. The van der Waals surface area contributed by atoms with Crippen molar-refractivity contribution in [3.05, 3.63) is 64.9 Å². The Balaban J connectivity index is 1.71. The summed E-state index contributed by atoms with van der Waals surface area (Å²) in [5, 5.41) is 3.63. The molecule has 37 heavy (non-hydrogen) atoms. The second-order valence-electron chi connectivity index (χ2n) is 9.59. The number of benzene rings is 2. The highest BCUT2D eigenvalue weighted by molar-refractivity contribution is 7.92. The van der Waals surface area contributed by atoms with Crippen molar-refractivity contribution < 1.29 is 22.4 Å². The quantitative estimate of drug-likeness (QED) is 0.431. The number of halogens is 2. The van der Waals surface area contributed by atoms with E-state index in [9.17, 15) is 22.4 Å². The fourth-order valence-electron chi connectivity index (χ4n) is 4.59. The van der Waals surface area contributed by atoms with Gasteiger partial charge >= 0.3 is 0 Å². The summed E-state index contributed by atoms with van der Waals surface area (Å²) in [6.07, 6.45) is 6.54. The van der Waals surface area contributed by atoms with Gasteiger partial charge in [0.05, 0.1) is 11.9 Å². The number of anilines is 1. The average Bonchev–Trinajstić information content (AvgIpc) is 2.85. The first kappa shape index (κ1) is 28.9. The molecule has 0 bridgehead atoms. The molecule has 7 nitrogen and oxygen atoms in total. The van der Waals surface area contributed by atoms with Crippen LogP contribution >= 0.6 is 11.6 Å². The molecule has 0 saturated heterocycles. The van der Waals surface area contributed by atoms with Gasteiger partial charge in [-0.15, -0.1) is 0 Å². The van der Waals surface area contributed by atoms with Crippen molar-refractivity contribution in [2.45, 2.75) is 70.5 Å². The van der Waals surface area contributed by atoms with Gasteiger partial charge in [0.25, 0.3) is 0 Å². The summed E-state index contributed by atoms with van der Waals surface area (Å²) < 4.78 is 39.2. The first-order chi connectivity index (χ1) is 17.5. The fraction of sp³-hybridized carbons (Fsp3) is 0.481. The van der Waals surface area contributed by atoms with Crippen molar-refractivity contribution in [3.8, 4) is 0 Å². The molecule has 1 atom stereocenters. The standard InChI is InChI=1S/C27H35ClFN3O4S/c1-20(27(34)30-24-10-4-3-5-11-24)31(19-21-8-6-9-22(28)18-21)26(33)12-7-17-32(37(2,35)36)25-15-13-23(29)14-16-25/h6,8-9,13-16,18,20,24H,3-5,7,10-12,17,19H2,1-2H3,(H,30,34)/t20-/m0/s1. The molecule has 0 aromatic heterocycles. The lowest BCUT2D eigenvalue weighted by atomic mass is 9.95. The van der Waals surface area contributed by atoms with Gasteiger partial charge in [0.15, 0.2) is 0 Å². The molecule has 0 heterocycles. The molecule has 1 aliphatic rings. The first-order valence-electron chi connectivity index (χ1n) is 12.6. The van der Waals surface area contributed by atoms with Crippen LogP contribution in [-0.2, 0) is 26.2 Å². The summed E-state index contributed by atoms with van der Waals surface area (Å²) in [6, 6.07) is 11.7. The number of rotatable bonds is 11. The molecule has 0 radical (unpaired) electrons. The molecule has 1 aliphatic carbocycles. The Hall–Kier alpha value is -2.65. The molecule has 2 amide bonds. The summed E-state index contributed by atoms with van der Waals surface area (Å²) in [6.45, 7) is 1.96. The maximum Gasteiger partial charge on any atom is 0.242 e. The highest BCUT2D eigenvalue weighted by Gasteiger charge is 2.28. The van der Waals surface area contributed by atoms with Crippen LogP contribution in [0, 0.1) is 5.82 Å². The van der Waals surface area contributed by atoms with Gasteiger partial charge in [0.1, 0.15) is 11.9 Å². The van der Waals surface area contributed by atoms with Crippen molar-refractivity contribution >= 4 is 39.1 Å². The second kappa shape index (κ2) is 13.2. The lowest BCUT2D eigenvalue weighted by Crippen LogP contribution is -2.50. The predicted octanol–water partition coefficient (Wildman–Crippen LogP) is 4.89. The summed E-state index contributed by atoms with van der Waals surface area (Å²) in [5.74, 6) is -0.935. The lowest BCUT2D eigenvalue weighted by molar-refractivity contribution is -0.141. The van der Waals surface area contributed by atoms with Crippen molar-refractivity contribution in [3.63, 3.8) is 0 Å². The minimum absolute atomic E-state index is 0.0365. The Morgan fingerprint density at radius 3 is 2.41 bits per heavy atom. The number of nitrogens with zero attached hydrogens (tertiary/aromatic N) is 2. The van der Waals surface area contributed by atoms with Gasteiger partial charge in [-0.25, -0.2) is 12.8 Å². The van der Waals surface area contributed by atoms with Crippen LogP contribution in [0.5, 0.6) is 0 Å². The maximum atomic E-state index is 13.4. The Morgan fingerprint density at radius 1 is 1.11 bits per heavy atom. The molecule has 0 aliphatic heterocycles. The molecule has 0 spiro atoms. The maximum absolute atomic E-state index is 13.4. The molecular weight excluding hydrogens is 517 g/mol. The molecule has 2 aromatic rings. The Morgan fingerprint density at radius 2 is 1.78 bits per heavy atom. The molecule has 0 unspecified atom stereocenters. The van der Waals surface area contributed by atoms with Gasteiger partial charge in [0.2, 0.25) is 21.8 Å². The SMILES string of the molecule is C[C@@H](C(=O)NC1CCCCC1)N(Cc1cccc(Cl)c1)C(=O)CCCN(c1ccc(F)cc1)S(C)(=O)=O. The van der Waals surface area contributed by atoms with Crippen molar-refractivity contribution in [2.24, 2.45) is 0 Å². The van der Waals surface area contributed by atoms with Crippen molar-refractivity contribution in [2.75, 3.05) is 17.1 Å². The molecule has 1 N–H and O–H groups in total. The van der Waals surface area contributed by atoms with E-state index in [-0.39, 0.29) is 43.8 Å². The van der Waals surface area contributed by atoms with Gasteiger partial charge in [-0.1, -0.05) is 43.0 Å². The van der Waals surface area contributed by atoms with Crippen LogP contribution in [0.4, 0.5) is 10.1 Å². The van der Waals surface area contributed by atoms with Gasteiger partial charge in [-0.2, -0.15) is 0 Å². The zero-order valence-corrected chi connectivity index (χ0v) is 22.9. The van der Waals surface area contributed by atoms with Crippen LogP contribution < -0.4 is 9.62 Å². The van der Waals surface area contributed by atoms with E-state index in [0.717, 1.165) is 41.8 Å². The number of nitrogens with one attached hydrogen (secondary N) is 1. The van der Waals surface area contributed by atoms with E-state index in [1.165, 1.54) is 35.6 Å². The summed E-state index contributed by atoms with van der Waals surface area (Å²) in [5.41, 5.74) is 1.12. The lowest BCUT2D eigenvalue weighted by Gasteiger charge is -2.31. The summed E-state index contributed by atoms with van der Waals surface area (Å²) >= 11 is 6.14. The largest absolute Gasteiger partial charge is 0.352 e. The smallest absolute Gasteiger partial charge is 0.242 e. The number of carbonyl (C=O) groups excluding carboxylic acids is 2. The summed E-state index contributed by atoms with van der Waals surface area (Å²) in [7, 11) is -3.64. The minimum atomic E-state index is -3.64. The number of sulfonamides is 1. The molecule has 2 aromatic carbocycles. The monoisotopic (exact) mass is 551 g/mol. The van der Waals surface area contributed by atoms with Crippen LogP contribution in [0.1, 0.15) is 57.4 Å². The van der Waals surface area contributed by atoms with E-state index in [0.29, 0.717) is 10.7 Å². The van der Waals surface area contributed by atoms with E-state index in [1.807, 2.05) is 6.07 Å². The van der Waals surface area contributed by atoms with E-state index >= 15 is 0 Å².